The van der Waals surface area contributed by atoms with E-state index in [0.29, 0.717) is 18.7 Å². The molecule has 0 saturated heterocycles. The predicted molar refractivity (Wildman–Crippen MR) is 110 cm³/mol. The molecule has 1 unspecified atom stereocenters. The van der Waals surface area contributed by atoms with E-state index in [4.69, 9.17) is 11.6 Å². The van der Waals surface area contributed by atoms with Crippen LogP contribution in [0, 0.1) is 0 Å². The maximum atomic E-state index is 13.0. The van der Waals surface area contributed by atoms with Crippen molar-refractivity contribution in [2.24, 2.45) is 0 Å². The Kier molecular flexibility index (Phi) is 6.47. The molecule has 0 aliphatic carbocycles. The zero-order chi connectivity index (χ0) is 19.2. The highest BCUT2D eigenvalue weighted by molar-refractivity contribution is 7.98. The van der Waals surface area contributed by atoms with Crippen molar-refractivity contribution in [1.29, 1.82) is 0 Å². The minimum Gasteiger partial charge on any atom is -0.308 e. The molecule has 0 spiro atoms. The number of pyridine rings is 2. The molecule has 27 heavy (non-hydrogen) atoms. The van der Waals surface area contributed by atoms with Crippen molar-refractivity contribution in [3.05, 3.63) is 66.0 Å². The minimum atomic E-state index is -0.00617. The Balaban J connectivity index is 1.82. The molecule has 3 heterocycles. The van der Waals surface area contributed by atoms with Crippen LogP contribution in [-0.4, -0.2) is 38.5 Å². The molecule has 0 fully saturated rings. The lowest BCUT2D eigenvalue weighted by Gasteiger charge is -2.22. The first kappa shape index (κ1) is 19.4. The Morgan fingerprint density at radius 2 is 2.00 bits per heavy atom. The van der Waals surface area contributed by atoms with E-state index in [2.05, 4.69) is 15.1 Å². The third kappa shape index (κ3) is 4.48. The molecule has 6 nitrogen and oxygen atoms in total. The third-order valence-electron chi connectivity index (χ3n) is 4.17. The van der Waals surface area contributed by atoms with Gasteiger partial charge >= 0.3 is 0 Å². The normalized spacial score (nSPS) is 12.0. The lowest BCUT2D eigenvalue weighted by Crippen LogP contribution is -2.31. The van der Waals surface area contributed by atoms with Crippen LogP contribution in [0.25, 0.3) is 5.69 Å². The summed E-state index contributed by atoms with van der Waals surface area (Å²) < 4.78 is 1.63. The SMILES string of the molecule is CCN(C(=O)CC(SC)c1cccnc1)c1cn(-c2cccnc2)nc1Cl. The largest absolute Gasteiger partial charge is 0.308 e. The zero-order valence-electron chi connectivity index (χ0n) is 15.1. The maximum Gasteiger partial charge on any atom is 0.228 e. The van der Waals surface area contributed by atoms with Gasteiger partial charge in [0.25, 0.3) is 0 Å². The van der Waals surface area contributed by atoms with Gasteiger partial charge in [-0.3, -0.25) is 14.8 Å². The topological polar surface area (TPSA) is 63.9 Å². The molecule has 8 heteroatoms. The van der Waals surface area contributed by atoms with Crippen molar-refractivity contribution in [3.8, 4) is 5.69 Å². The smallest absolute Gasteiger partial charge is 0.228 e. The van der Waals surface area contributed by atoms with E-state index in [1.807, 2.05) is 37.4 Å². The monoisotopic (exact) mass is 401 g/mol. The van der Waals surface area contributed by atoms with Crippen molar-refractivity contribution in [1.82, 2.24) is 19.7 Å². The van der Waals surface area contributed by atoms with Crippen LogP contribution in [0.3, 0.4) is 0 Å². The number of aromatic nitrogens is 4. The highest BCUT2D eigenvalue weighted by Crippen LogP contribution is 2.32. The van der Waals surface area contributed by atoms with Crippen LogP contribution in [0.5, 0.6) is 0 Å². The summed E-state index contributed by atoms with van der Waals surface area (Å²) in [5, 5.41) is 4.65. The van der Waals surface area contributed by atoms with Crippen LogP contribution >= 0.6 is 23.4 Å². The first-order valence-corrected chi connectivity index (χ1v) is 10.2. The Morgan fingerprint density at radius 3 is 2.59 bits per heavy atom. The molecule has 3 aromatic rings. The average molecular weight is 402 g/mol. The van der Waals surface area contributed by atoms with Gasteiger partial charge in [0.1, 0.15) is 5.69 Å². The average Bonchev–Trinajstić information content (AvgIpc) is 3.09. The standard InChI is InChI=1S/C19H20ClN5OS/c1-3-24(18(26)10-17(27-2)14-6-4-8-21-11-14)16-13-25(23-19(16)20)15-7-5-9-22-12-15/h4-9,11-13,17H,3,10H2,1-2H3. The number of rotatable bonds is 7. The van der Waals surface area contributed by atoms with E-state index in [-0.39, 0.29) is 16.3 Å². The Morgan fingerprint density at radius 1 is 1.26 bits per heavy atom. The molecule has 1 amide bonds. The second-order valence-electron chi connectivity index (χ2n) is 5.81. The number of hydrogen-bond donors (Lipinski definition) is 0. The van der Waals surface area contributed by atoms with Gasteiger partial charge in [-0.1, -0.05) is 17.7 Å². The summed E-state index contributed by atoms with van der Waals surface area (Å²) in [5.41, 5.74) is 2.41. The molecule has 0 aliphatic heterocycles. The lowest BCUT2D eigenvalue weighted by atomic mass is 10.1. The molecule has 0 aromatic carbocycles. The van der Waals surface area contributed by atoms with Gasteiger partial charge in [0, 0.05) is 36.8 Å². The summed E-state index contributed by atoms with van der Waals surface area (Å²) in [6.45, 7) is 2.43. The first-order valence-electron chi connectivity index (χ1n) is 8.52. The van der Waals surface area contributed by atoms with Crippen LogP contribution < -0.4 is 4.90 Å². The highest BCUT2D eigenvalue weighted by Gasteiger charge is 2.24. The van der Waals surface area contributed by atoms with Gasteiger partial charge in [0.2, 0.25) is 5.91 Å². The van der Waals surface area contributed by atoms with Crippen molar-refractivity contribution >= 4 is 35.0 Å². The van der Waals surface area contributed by atoms with Crippen LogP contribution in [0.2, 0.25) is 5.15 Å². The first-order chi connectivity index (χ1) is 13.1. The van der Waals surface area contributed by atoms with E-state index in [0.717, 1.165) is 11.3 Å². The second-order valence-corrected chi connectivity index (χ2v) is 7.21. The summed E-state index contributed by atoms with van der Waals surface area (Å²) in [7, 11) is 0. The molecule has 140 valence electrons. The van der Waals surface area contributed by atoms with E-state index in [9.17, 15) is 4.79 Å². The number of amides is 1. The molecular formula is C19H20ClN5OS. The molecule has 0 radical (unpaired) electrons. The molecule has 1 atom stereocenters. The van der Waals surface area contributed by atoms with Crippen molar-refractivity contribution in [2.45, 2.75) is 18.6 Å². The number of carbonyl (C=O) groups excluding carboxylic acids is 1. The molecule has 3 rings (SSSR count). The summed E-state index contributed by atoms with van der Waals surface area (Å²) in [4.78, 5) is 22.9. The van der Waals surface area contributed by atoms with E-state index in [1.165, 1.54) is 0 Å². The molecule has 0 saturated carbocycles. The number of thioether (sulfide) groups is 1. The molecular weight excluding hydrogens is 382 g/mol. The predicted octanol–water partition coefficient (Wildman–Crippen LogP) is 4.16. The van der Waals surface area contributed by atoms with Crippen LogP contribution in [0.4, 0.5) is 5.69 Å². The summed E-state index contributed by atoms with van der Waals surface area (Å²) in [6, 6.07) is 7.58. The fourth-order valence-electron chi connectivity index (χ4n) is 2.80. The number of anilines is 1. The van der Waals surface area contributed by atoms with Crippen LogP contribution in [0.15, 0.2) is 55.2 Å². The Hall–Kier alpha value is -2.38. The summed E-state index contributed by atoms with van der Waals surface area (Å²) in [5.74, 6) is -0.00617. The lowest BCUT2D eigenvalue weighted by molar-refractivity contribution is -0.118. The molecule has 0 bridgehead atoms. The maximum absolute atomic E-state index is 13.0. The van der Waals surface area contributed by atoms with E-state index >= 15 is 0 Å². The Bertz CT molecular complexity index is 888. The number of halogens is 1. The van der Waals surface area contributed by atoms with E-state index < -0.39 is 0 Å². The van der Waals surface area contributed by atoms with Crippen LogP contribution in [-0.2, 0) is 4.79 Å². The Labute approximate surface area is 167 Å². The number of hydrogen-bond acceptors (Lipinski definition) is 5. The van der Waals surface area contributed by atoms with Gasteiger partial charge in [-0.25, -0.2) is 4.68 Å². The second kappa shape index (κ2) is 9.01. The van der Waals surface area contributed by atoms with Crippen molar-refractivity contribution in [3.63, 3.8) is 0 Å². The van der Waals surface area contributed by atoms with Gasteiger partial charge in [0.05, 0.1) is 18.1 Å². The van der Waals surface area contributed by atoms with Gasteiger partial charge in [-0.2, -0.15) is 16.9 Å². The number of nitrogens with zero attached hydrogens (tertiary/aromatic N) is 5. The van der Waals surface area contributed by atoms with E-state index in [1.54, 1.807) is 52.3 Å². The summed E-state index contributed by atoms with van der Waals surface area (Å²) in [6.07, 6.45) is 11.0. The quantitative estimate of drug-likeness (QED) is 0.594. The van der Waals surface area contributed by atoms with Gasteiger partial charge < -0.3 is 4.90 Å². The molecule has 3 aromatic heterocycles. The molecule has 0 aliphatic rings. The van der Waals surface area contributed by atoms with Crippen molar-refractivity contribution < 1.29 is 4.79 Å². The van der Waals surface area contributed by atoms with Gasteiger partial charge in [-0.15, -0.1) is 0 Å². The molecule has 0 N–H and O–H groups in total. The summed E-state index contributed by atoms with van der Waals surface area (Å²) >= 11 is 7.97. The fraction of sp³-hybridized carbons (Fsp3) is 0.263. The van der Waals surface area contributed by atoms with Gasteiger partial charge in [0.15, 0.2) is 5.15 Å². The van der Waals surface area contributed by atoms with Gasteiger partial charge in [-0.05, 0) is 36.9 Å². The minimum absolute atomic E-state index is 0.00617. The van der Waals surface area contributed by atoms with Crippen molar-refractivity contribution in [2.75, 3.05) is 17.7 Å². The third-order valence-corrected chi connectivity index (χ3v) is 5.45. The zero-order valence-corrected chi connectivity index (χ0v) is 16.7. The highest BCUT2D eigenvalue weighted by atomic mass is 35.5. The number of carbonyl (C=O) groups is 1. The van der Waals surface area contributed by atoms with Crippen LogP contribution in [0.1, 0.15) is 24.2 Å². The fourth-order valence-corrected chi connectivity index (χ4v) is 3.75.